The Bertz CT molecular complexity index is 1520. The number of amides is 5. The molecule has 1 aromatic carbocycles. The Kier molecular flexibility index (Phi) is 18.5. The number of hydrogen-bond donors (Lipinski definition) is 10. The highest BCUT2D eigenvalue weighted by Gasteiger charge is 2.33. The molecular formula is C35H55N11O7. The number of carbonyl (C=O) groups is 6. The standard InChI is InChI=1S/C35H55N11O7/c1-5-21(4)29(36)34(53)46-25(14-20(2)3)32(51)44-26(15-22-10-7-6-8-11-22)33(52)43-24(12-9-13-40-35(37)38)31(50)45-27(16-23-17-39-19-42-23)30(49)41-18-28(47)48/h6-8,10-11,17,19-21,24-27,29H,5,9,12-16,18,36H2,1-4H3,(H,39,42)(H,41,49)(H,43,52)(H,44,51)(H,45,50)(H,46,53)(H,47,48)(H4,37,38,40)/t21-,24-,25-,26-,27-,29-/m0/s1. The molecule has 0 saturated heterocycles. The Morgan fingerprint density at radius 1 is 0.830 bits per heavy atom. The number of carboxylic acids is 1. The monoisotopic (exact) mass is 741 g/mol. The summed E-state index contributed by atoms with van der Waals surface area (Å²) < 4.78 is 0. The lowest BCUT2D eigenvalue weighted by atomic mass is 9.97. The van der Waals surface area contributed by atoms with E-state index in [4.69, 9.17) is 22.3 Å². The van der Waals surface area contributed by atoms with Crippen molar-refractivity contribution in [1.29, 1.82) is 0 Å². The summed E-state index contributed by atoms with van der Waals surface area (Å²) in [4.78, 5) is 89.5. The molecule has 18 heteroatoms. The first-order valence-electron chi connectivity index (χ1n) is 17.6. The van der Waals surface area contributed by atoms with Crippen LogP contribution < -0.4 is 43.8 Å². The third-order valence-corrected chi connectivity index (χ3v) is 8.42. The van der Waals surface area contributed by atoms with Gasteiger partial charge in [-0.25, -0.2) is 4.98 Å². The number of guanidine groups is 1. The largest absolute Gasteiger partial charge is 0.480 e. The van der Waals surface area contributed by atoms with E-state index in [0.717, 1.165) is 0 Å². The van der Waals surface area contributed by atoms with Crippen LogP contribution in [0.3, 0.4) is 0 Å². The summed E-state index contributed by atoms with van der Waals surface area (Å²) in [6, 6.07) is 3.37. The van der Waals surface area contributed by atoms with Crippen molar-refractivity contribution in [2.45, 2.75) is 96.4 Å². The molecule has 0 unspecified atom stereocenters. The van der Waals surface area contributed by atoms with E-state index in [1.807, 2.05) is 27.7 Å². The van der Waals surface area contributed by atoms with E-state index >= 15 is 0 Å². The van der Waals surface area contributed by atoms with Gasteiger partial charge in [-0.2, -0.15) is 0 Å². The van der Waals surface area contributed by atoms with Crippen LogP contribution in [0.2, 0.25) is 0 Å². The van der Waals surface area contributed by atoms with Crippen molar-refractivity contribution in [2.75, 3.05) is 13.1 Å². The molecule has 0 saturated carbocycles. The number of imidazole rings is 1. The number of aliphatic imine (C=N–C) groups is 1. The number of carboxylic acid groups (broad SMARTS) is 1. The Morgan fingerprint density at radius 3 is 1.98 bits per heavy atom. The van der Waals surface area contributed by atoms with Gasteiger partial charge in [0.05, 0.1) is 12.4 Å². The normalized spacial score (nSPS) is 14.4. The number of aliphatic carboxylic acids is 1. The van der Waals surface area contributed by atoms with Crippen LogP contribution in [0.25, 0.3) is 0 Å². The predicted molar refractivity (Wildman–Crippen MR) is 198 cm³/mol. The molecule has 6 atom stereocenters. The molecule has 2 aromatic rings. The number of aromatic nitrogens is 2. The van der Waals surface area contributed by atoms with Crippen LogP contribution in [0.1, 0.15) is 64.6 Å². The van der Waals surface area contributed by atoms with Crippen LogP contribution >= 0.6 is 0 Å². The van der Waals surface area contributed by atoms with Crippen molar-refractivity contribution in [1.82, 2.24) is 36.6 Å². The third kappa shape index (κ3) is 16.1. The number of benzene rings is 1. The molecule has 0 fully saturated rings. The number of rotatable bonds is 23. The van der Waals surface area contributed by atoms with Gasteiger partial charge in [0.15, 0.2) is 5.96 Å². The molecule has 0 spiro atoms. The van der Waals surface area contributed by atoms with Crippen LogP contribution in [-0.4, -0.2) is 99.8 Å². The van der Waals surface area contributed by atoms with Gasteiger partial charge >= 0.3 is 5.97 Å². The van der Waals surface area contributed by atoms with Gasteiger partial charge in [0.2, 0.25) is 29.5 Å². The minimum absolute atomic E-state index is 0.00651. The van der Waals surface area contributed by atoms with Gasteiger partial charge in [-0.3, -0.25) is 33.8 Å². The smallest absolute Gasteiger partial charge is 0.322 e. The highest BCUT2D eigenvalue weighted by atomic mass is 16.4. The zero-order valence-corrected chi connectivity index (χ0v) is 30.8. The number of aromatic amines is 1. The van der Waals surface area contributed by atoms with Crippen LogP contribution in [-0.2, 0) is 41.6 Å². The van der Waals surface area contributed by atoms with E-state index in [1.54, 1.807) is 30.3 Å². The maximum Gasteiger partial charge on any atom is 0.322 e. The summed E-state index contributed by atoms with van der Waals surface area (Å²) >= 11 is 0. The Morgan fingerprint density at radius 2 is 1.42 bits per heavy atom. The Hall–Kier alpha value is -5.52. The zero-order chi connectivity index (χ0) is 39.5. The molecule has 53 heavy (non-hydrogen) atoms. The molecular weight excluding hydrogens is 686 g/mol. The van der Waals surface area contributed by atoms with E-state index in [-0.39, 0.29) is 56.4 Å². The predicted octanol–water partition coefficient (Wildman–Crippen LogP) is -1.19. The van der Waals surface area contributed by atoms with Gasteiger partial charge in [0, 0.05) is 31.3 Å². The SMILES string of the molecule is CC[C@H](C)[C@H](N)C(=O)N[C@@H](CC(C)C)C(=O)N[C@@H](Cc1ccccc1)C(=O)N[C@@H](CCCN=C(N)N)C(=O)N[C@@H](Cc1cnc[nH]1)C(=O)NCC(=O)O. The maximum atomic E-state index is 14.1. The van der Waals surface area contributed by atoms with Gasteiger partial charge in [-0.1, -0.05) is 64.4 Å². The third-order valence-electron chi connectivity index (χ3n) is 8.42. The van der Waals surface area contributed by atoms with E-state index in [0.29, 0.717) is 17.7 Å². The molecule has 13 N–H and O–H groups in total. The number of hydrogen-bond acceptors (Lipinski definition) is 9. The van der Waals surface area contributed by atoms with Crippen molar-refractivity contribution in [3.05, 3.63) is 54.1 Å². The lowest BCUT2D eigenvalue weighted by molar-refractivity contribution is -0.138. The van der Waals surface area contributed by atoms with Gasteiger partial charge < -0.3 is 53.9 Å². The molecule has 0 aliphatic rings. The molecule has 0 bridgehead atoms. The van der Waals surface area contributed by atoms with Crippen molar-refractivity contribution in [3.63, 3.8) is 0 Å². The fourth-order valence-electron chi connectivity index (χ4n) is 5.24. The zero-order valence-electron chi connectivity index (χ0n) is 30.8. The number of nitrogens with one attached hydrogen (secondary N) is 6. The minimum atomic E-state index is -1.28. The molecule has 5 amide bonds. The molecule has 18 nitrogen and oxygen atoms in total. The summed E-state index contributed by atoms with van der Waals surface area (Å²) in [6.45, 7) is 6.97. The number of H-pyrrole nitrogens is 1. The second-order valence-electron chi connectivity index (χ2n) is 13.3. The first kappa shape index (κ1) is 43.6. The highest BCUT2D eigenvalue weighted by Crippen LogP contribution is 2.11. The van der Waals surface area contributed by atoms with Gasteiger partial charge in [0.25, 0.3) is 0 Å². The first-order valence-corrected chi connectivity index (χ1v) is 17.6. The average molecular weight is 742 g/mol. The summed E-state index contributed by atoms with van der Waals surface area (Å²) in [5.74, 6) is -4.93. The lowest BCUT2D eigenvalue weighted by Gasteiger charge is -2.28. The van der Waals surface area contributed by atoms with Crippen molar-refractivity contribution >= 4 is 41.5 Å². The van der Waals surface area contributed by atoms with Crippen molar-refractivity contribution in [3.8, 4) is 0 Å². The molecule has 0 aliphatic carbocycles. The molecule has 0 aliphatic heterocycles. The topological polar surface area (TPSA) is 302 Å². The molecule has 1 heterocycles. The van der Waals surface area contributed by atoms with Crippen molar-refractivity contribution < 1.29 is 33.9 Å². The fourth-order valence-corrected chi connectivity index (χ4v) is 5.24. The first-order chi connectivity index (χ1) is 25.1. The Labute approximate surface area is 309 Å². The van der Waals surface area contributed by atoms with E-state index in [2.05, 4.69) is 41.5 Å². The molecule has 2 rings (SSSR count). The van der Waals surface area contributed by atoms with E-state index < -0.39 is 72.3 Å². The lowest BCUT2D eigenvalue weighted by Crippen LogP contribution is -2.60. The summed E-state index contributed by atoms with van der Waals surface area (Å²) in [5.41, 5.74) is 18.2. The highest BCUT2D eigenvalue weighted by molar-refractivity contribution is 5.96. The Balaban J connectivity index is 2.40. The van der Waals surface area contributed by atoms with Gasteiger partial charge in [0.1, 0.15) is 30.7 Å². The summed E-state index contributed by atoms with van der Waals surface area (Å²) in [7, 11) is 0. The van der Waals surface area contributed by atoms with E-state index in [1.165, 1.54) is 12.5 Å². The quantitative estimate of drug-likeness (QED) is 0.0367. The summed E-state index contributed by atoms with van der Waals surface area (Å²) in [5, 5.41) is 22.2. The second kappa shape index (κ2) is 22.4. The van der Waals surface area contributed by atoms with E-state index in [9.17, 15) is 28.8 Å². The second-order valence-corrected chi connectivity index (χ2v) is 13.3. The summed E-state index contributed by atoms with van der Waals surface area (Å²) in [6.07, 6.45) is 3.98. The van der Waals surface area contributed by atoms with Crippen LogP contribution in [0, 0.1) is 11.8 Å². The fraction of sp³-hybridized carbons (Fsp3) is 0.543. The molecule has 1 aromatic heterocycles. The van der Waals surface area contributed by atoms with Gasteiger partial charge in [-0.15, -0.1) is 0 Å². The molecule has 0 radical (unpaired) electrons. The van der Waals surface area contributed by atoms with Crippen LogP contribution in [0.5, 0.6) is 0 Å². The maximum absolute atomic E-state index is 14.1. The minimum Gasteiger partial charge on any atom is -0.480 e. The van der Waals surface area contributed by atoms with Crippen molar-refractivity contribution in [2.24, 2.45) is 34.0 Å². The van der Waals surface area contributed by atoms with Crippen LogP contribution in [0.15, 0.2) is 47.8 Å². The number of nitrogens with two attached hydrogens (primary N) is 3. The number of nitrogens with zero attached hydrogens (tertiary/aromatic N) is 2. The number of carbonyl (C=O) groups excluding carboxylic acids is 5. The van der Waals surface area contributed by atoms with Crippen LogP contribution in [0.4, 0.5) is 0 Å². The van der Waals surface area contributed by atoms with Gasteiger partial charge in [-0.05, 0) is 36.7 Å². The molecule has 292 valence electrons. The average Bonchev–Trinajstić information content (AvgIpc) is 3.63.